The predicted octanol–water partition coefficient (Wildman–Crippen LogP) is 5.80. The second kappa shape index (κ2) is 17.7. The normalized spacial score (nSPS) is 13.7. The Morgan fingerprint density at radius 3 is 2.00 bits per heavy atom. The number of allylic oxidation sites excluding steroid dienone is 8. The molecule has 0 spiro atoms. The minimum atomic E-state index is 0. The number of hydrogen-bond acceptors (Lipinski definition) is 0. The summed E-state index contributed by atoms with van der Waals surface area (Å²) < 4.78 is 0. The third-order valence-corrected chi connectivity index (χ3v) is 2.44. The van der Waals surface area contributed by atoms with Crippen molar-refractivity contribution in [3.05, 3.63) is 47.6 Å². The third-order valence-electron chi connectivity index (χ3n) is 2.44. The first-order valence-electron chi connectivity index (χ1n) is 6.62. The average Bonchev–Trinajstić information content (AvgIpc) is 3.02. The van der Waals surface area contributed by atoms with Crippen molar-refractivity contribution in [3.8, 4) is 0 Å². The van der Waals surface area contributed by atoms with Crippen LogP contribution in [0.3, 0.4) is 0 Å². The summed E-state index contributed by atoms with van der Waals surface area (Å²) in [6.07, 6.45) is 18.8. The maximum absolute atomic E-state index is 3.23. The van der Waals surface area contributed by atoms with Gasteiger partial charge in [0.2, 0.25) is 0 Å². The quantitative estimate of drug-likeness (QED) is 0.335. The van der Waals surface area contributed by atoms with Crippen LogP contribution in [0.2, 0.25) is 13.1 Å². The Morgan fingerprint density at radius 2 is 1.75 bits per heavy atom. The zero-order valence-electron chi connectivity index (χ0n) is 13.0. The summed E-state index contributed by atoms with van der Waals surface area (Å²) in [4.78, 5) is 0. The van der Waals surface area contributed by atoms with Crippen LogP contribution in [0, 0.1) is 12.2 Å². The zero-order chi connectivity index (χ0) is 13.8. The van der Waals surface area contributed by atoms with E-state index in [0.717, 1.165) is 12.8 Å². The summed E-state index contributed by atoms with van der Waals surface area (Å²) >= 11 is 1.45. The van der Waals surface area contributed by atoms with E-state index < -0.39 is 0 Å². The SMILES string of the molecule is CCC1=C(CC)C[C-]=C1.C[Si](C)=[Hf+2].Cl.Cl.[C-]1=CC=CC1. The van der Waals surface area contributed by atoms with Crippen LogP contribution < -0.4 is 0 Å². The van der Waals surface area contributed by atoms with Gasteiger partial charge in [-0.3, -0.25) is 12.2 Å². The summed E-state index contributed by atoms with van der Waals surface area (Å²) in [5, 5.41) is 0. The van der Waals surface area contributed by atoms with Crippen LogP contribution >= 0.6 is 24.8 Å². The van der Waals surface area contributed by atoms with E-state index >= 15 is 0 Å². The molecule has 0 heterocycles. The van der Waals surface area contributed by atoms with Crippen molar-refractivity contribution in [1.82, 2.24) is 0 Å². The van der Waals surface area contributed by atoms with Gasteiger partial charge in [0.1, 0.15) is 0 Å². The molecule has 0 N–H and O–H groups in total. The van der Waals surface area contributed by atoms with Gasteiger partial charge < -0.3 is 0 Å². The summed E-state index contributed by atoms with van der Waals surface area (Å²) in [5.41, 5.74) is 3.35. The van der Waals surface area contributed by atoms with Crippen LogP contribution in [-0.4, -0.2) is 5.49 Å². The van der Waals surface area contributed by atoms with Gasteiger partial charge in [0.25, 0.3) is 0 Å². The molecule has 0 fully saturated rings. The van der Waals surface area contributed by atoms with Crippen LogP contribution in [0.25, 0.3) is 0 Å². The van der Waals surface area contributed by atoms with Crippen molar-refractivity contribution in [2.24, 2.45) is 0 Å². The monoisotopic (exact) mass is 496 g/mol. The first-order chi connectivity index (χ1) is 8.61. The fraction of sp³-hybridized carbons (Fsp3) is 0.500. The van der Waals surface area contributed by atoms with Crippen LogP contribution in [0.1, 0.15) is 39.5 Å². The van der Waals surface area contributed by atoms with Crippen LogP contribution in [-0.2, 0) is 23.0 Å². The van der Waals surface area contributed by atoms with Gasteiger partial charge in [-0.25, -0.2) is 18.2 Å². The fourth-order valence-corrected chi connectivity index (χ4v) is 1.56. The Balaban J connectivity index is -0.000000228. The molecule has 0 radical (unpaired) electrons. The molecule has 20 heavy (non-hydrogen) atoms. The summed E-state index contributed by atoms with van der Waals surface area (Å²) in [5.74, 6) is 0. The summed E-state index contributed by atoms with van der Waals surface area (Å²) in [6, 6.07) is 0. The Labute approximate surface area is 152 Å². The third kappa shape index (κ3) is 15.0. The Hall–Kier alpha value is 0.627. The zero-order valence-corrected chi connectivity index (χ0v) is 19.2. The molecule has 4 heteroatoms. The van der Waals surface area contributed by atoms with E-state index in [4.69, 9.17) is 0 Å². The Kier molecular flexibility index (Phi) is 22.6. The second-order valence-electron chi connectivity index (χ2n) is 4.36. The molecule has 0 aromatic carbocycles. The molecular weight excluding hydrogens is 470 g/mol. The minimum Gasteiger partial charge on any atom is -0.273 e. The molecular formula is C16H26Cl2HfSi. The van der Waals surface area contributed by atoms with Crippen molar-refractivity contribution >= 4 is 30.3 Å². The number of rotatable bonds is 2. The van der Waals surface area contributed by atoms with Gasteiger partial charge in [0.15, 0.2) is 0 Å². The summed E-state index contributed by atoms with van der Waals surface area (Å²) in [7, 11) is 0. The standard InChI is InChI=1S/C9H13.C5H5.C2H6Si.2ClH.Hf/c1-3-8-6-5-7-9(8)4-2;1-2-4-5-3-1;1-3-2;;;/h6H,3-4,7H2,1-2H3;1-3H,4H2;1-2H3;2*1H;/q2*-1;;;;+2. The van der Waals surface area contributed by atoms with E-state index in [-0.39, 0.29) is 30.3 Å². The van der Waals surface area contributed by atoms with Crippen molar-refractivity contribution in [1.29, 1.82) is 0 Å². The van der Waals surface area contributed by atoms with Crippen molar-refractivity contribution in [3.63, 3.8) is 0 Å². The minimum absolute atomic E-state index is 0. The Morgan fingerprint density at radius 1 is 1.15 bits per heavy atom. The molecule has 0 atom stereocenters. The van der Waals surface area contributed by atoms with E-state index in [1.807, 2.05) is 12.2 Å². The van der Waals surface area contributed by atoms with Crippen molar-refractivity contribution in [2.75, 3.05) is 0 Å². The molecule has 2 aliphatic rings. The maximum Gasteiger partial charge on any atom is -0.109 e. The van der Waals surface area contributed by atoms with Gasteiger partial charge in [-0.1, -0.05) is 26.7 Å². The first kappa shape index (κ1) is 25.6. The van der Waals surface area contributed by atoms with Crippen LogP contribution in [0.15, 0.2) is 35.5 Å². The fourth-order valence-electron chi connectivity index (χ4n) is 1.56. The number of hydrogen-bond donors (Lipinski definition) is 0. The van der Waals surface area contributed by atoms with Crippen molar-refractivity contribution in [2.45, 2.75) is 52.6 Å². The molecule has 0 aromatic heterocycles. The van der Waals surface area contributed by atoms with E-state index in [9.17, 15) is 0 Å². The molecule has 0 nitrogen and oxygen atoms in total. The van der Waals surface area contributed by atoms with Gasteiger partial charge in [0.05, 0.1) is 0 Å². The number of halogens is 2. The molecule has 2 rings (SSSR count). The Bertz CT molecular complexity index is 355. The molecule has 0 amide bonds. The summed E-state index contributed by atoms with van der Waals surface area (Å²) in [6.45, 7) is 9.08. The second-order valence-corrected chi connectivity index (χ2v) is 17.1. The van der Waals surface area contributed by atoms with E-state index in [0.29, 0.717) is 0 Å². The topological polar surface area (TPSA) is 0 Å². The first-order valence-corrected chi connectivity index (χ1v) is 14.5. The predicted molar refractivity (Wildman–Crippen MR) is 93.6 cm³/mol. The maximum atomic E-state index is 3.23. The van der Waals surface area contributed by atoms with Gasteiger partial charge in [-0.05, 0) is 0 Å². The molecule has 0 aromatic rings. The largest absolute Gasteiger partial charge is 0.273 e. The van der Waals surface area contributed by atoms with E-state index in [1.54, 1.807) is 5.57 Å². The van der Waals surface area contributed by atoms with Gasteiger partial charge in [-0.2, -0.15) is 17.2 Å². The van der Waals surface area contributed by atoms with Gasteiger partial charge in [-0.15, -0.1) is 37.7 Å². The molecule has 112 valence electrons. The molecule has 0 saturated carbocycles. The smallest absolute Gasteiger partial charge is 0.109 e. The molecule has 0 unspecified atom stereocenters. The van der Waals surface area contributed by atoms with Crippen LogP contribution in [0.4, 0.5) is 0 Å². The van der Waals surface area contributed by atoms with Gasteiger partial charge in [0, 0.05) is 0 Å². The molecule has 0 saturated heterocycles. The van der Waals surface area contributed by atoms with Crippen molar-refractivity contribution < 1.29 is 23.0 Å². The van der Waals surface area contributed by atoms with Crippen LogP contribution in [0.5, 0.6) is 0 Å². The van der Waals surface area contributed by atoms with E-state index in [2.05, 4.69) is 51.2 Å². The van der Waals surface area contributed by atoms with E-state index in [1.165, 1.54) is 41.4 Å². The van der Waals surface area contributed by atoms with Gasteiger partial charge >= 0.3 is 41.6 Å². The molecule has 2 aliphatic carbocycles. The molecule has 0 aliphatic heterocycles. The average molecular weight is 496 g/mol. The molecule has 0 bridgehead atoms.